The van der Waals surface area contributed by atoms with E-state index in [0.717, 1.165) is 5.02 Å². The van der Waals surface area contributed by atoms with Gasteiger partial charge in [-0.05, 0) is 0 Å². The van der Waals surface area contributed by atoms with Gasteiger partial charge in [0.2, 0.25) is 0 Å². The van der Waals surface area contributed by atoms with Crippen LogP contribution in [0.3, 0.4) is 0 Å². The van der Waals surface area contributed by atoms with E-state index < -0.39 is 23.2 Å². The molecular weight excluding hydrogens is 438 g/mol. The Kier molecular flexibility index (Phi) is 7.14. The van der Waals surface area contributed by atoms with Crippen LogP contribution in [0.1, 0.15) is 26.7 Å². The van der Waals surface area contributed by atoms with Crippen molar-refractivity contribution in [3.63, 3.8) is 0 Å². The molecule has 0 bridgehead atoms. The number of halogens is 3. The van der Waals surface area contributed by atoms with E-state index in [1.807, 2.05) is 12.1 Å². The second-order valence-corrected chi connectivity index (χ2v) is 9.78. The summed E-state index contributed by atoms with van der Waals surface area (Å²) in [6.07, 6.45) is 10.4. The van der Waals surface area contributed by atoms with Gasteiger partial charge in [-0.15, -0.1) is 0 Å². The second kappa shape index (κ2) is 8.68. The summed E-state index contributed by atoms with van der Waals surface area (Å²) < 4.78 is 2.30. The number of fused-ring (bicyclic) bond motifs is 1. The molecular formula is C20H15Cl3Zr. The summed E-state index contributed by atoms with van der Waals surface area (Å²) >= 11 is 5.38. The largest absolute Gasteiger partial charge is 1.00 e. The molecule has 4 rings (SSSR count). The summed E-state index contributed by atoms with van der Waals surface area (Å²) in [7, 11) is 0. The molecule has 4 heteroatoms. The Bertz CT molecular complexity index is 804. The number of hydrogen-bond donors (Lipinski definition) is 0. The summed E-state index contributed by atoms with van der Waals surface area (Å²) in [6, 6.07) is 17.2. The number of rotatable bonds is 3. The van der Waals surface area contributed by atoms with E-state index >= 15 is 0 Å². The van der Waals surface area contributed by atoms with Crippen molar-refractivity contribution >= 4 is 23.3 Å². The average molecular weight is 453 g/mol. The molecule has 0 radical (unpaired) electrons. The first-order chi connectivity index (χ1) is 10.8. The van der Waals surface area contributed by atoms with Gasteiger partial charge in [0, 0.05) is 0 Å². The Morgan fingerprint density at radius 1 is 0.958 bits per heavy atom. The van der Waals surface area contributed by atoms with Crippen LogP contribution in [0.25, 0.3) is 11.6 Å². The Labute approximate surface area is 172 Å². The fraction of sp³-hybridized carbons (Fsp3) is 0.100. The summed E-state index contributed by atoms with van der Waals surface area (Å²) in [6.45, 7) is 0. The first-order valence-electron chi connectivity index (χ1n) is 7.50. The molecule has 0 saturated carbocycles. The van der Waals surface area contributed by atoms with Crippen molar-refractivity contribution < 1.29 is 48.0 Å². The zero-order valence-corrected chi connectivity index (χ0v) is 17.6. The van der Waals surface area contributed by atoms with Crippen LogP contribution in [-0.2, 0) is 23.2 Å². The van der Waals surface area contributed by atoms with Gasteiger partial charge < -0.3 is 24.8 Å². The van der Waals surface area contributed by atoms with E-state index in [1.165, 1.54) is 28.7 Å². The summed E-state index contributed by atoms with van der Waals surface area (Å²) in [4.78, 5) is 0. The first kappa shape index (κ1) is 19.7. The molecule has 0 aromatic heterocycles. The van der Waals surface area contributed by atoms with Crippen molar-refractivity contribution in [3.05, 3.63) is 91.8 Å². The third kappa shape index (κ3) is 3.97. The third-order valence-electron chi connectivity index (χ3n) is 4.21. The van der Waals surface area contributed by atoms with Crippen molar-refractivity contribution in [1.82, 2.24) is 0 Å². The molecule has 0 fully saturated rings. The standard InChI is InChI=1S/C15H10Cl.C5H5.2ClH.Zr/c16-15-7-5-11(6-8-15)14-9-12-3-1-2-4-13(12)10-14;1-2-4-5-3-1;;;/h1-10H;1-3H,4H2;2*1H;/q;;;;+2/p-2. The van der Waals surface area contributed by atoms with Crippen LogP contribution in [0.15, 0.2) is 70.0 Å². The molecule has 2 aliphatic rings. The van der Waals surface area contributed by atoms with Crippen molar-refractivity contribution in [1.29, 1.82) is 0 Å². The van der Waals surface area contributed by atoms with Crippen LogP contribution in [0, 0.1) is 0 Å². The zero-order valence-electron chi connectivity index (χ0n) is 12.8. The monoisotopic (exact) mass is 450 g/mol. The van der Waals surface area contributed by atoms with E-state index in [4.69, 9.17) is 11.6 Å². The average Bonchev–Trinajstić information content (AvgIpc) is 3.17. The minimum Gasteiger partial charge on any atom is -1.00 e. The van der Waals surface area contributed by atoms with E-state index in [-0.39, 0.29) is 24.8 Å². The summed E-state index contributed by atoms with van der Waals surface area (Å²) in [5, 5.41) is 0.805. The number of hydrogen-bond acceptors (Lipinski definition) is 0. The molecule has 24 heavy (non-hydrogen) atoms. The van der Waals surface area contributed by atoms with Crippen LogP contribution in [0.5, 0.6) is 0 Å². The topological polar surface area (TPSA) is 0 Å². The molecule has 0 saturated heterocycles. The van der Waals surface area contributed by atoms with Crippen LogP contribution >= 0.6 is 11.6 Å². The fourth-order valence-corrected chi connectivity index (χ4v) is 7.23. The zero-order chi connectivity index (χ0) is 14.9. The quantitative estimate of drug-likeness (QED) is 0.609. The minimum absolute atomic E-state index is 0. The molecule has 2 aromatic rings. The summed E-state index contributed by atoms with van der Waals surface area (Å²) in [5.41, 5.74) is 5.71. The van der Waals surface area contributed by atoms with Crippen LogP contribution < -0.4 is 24.8 Å². The molecule has 2 aromatic carbocycles. The van der Waals surface area contributed by atoms with Gasteiger partial charge >= 0.3 is 148 Å². The molecule has 120 valence electrons. The van der Waals surface area contributed by atoms with Gasteiger partial charge in [0.05, 0.1) is 0 Å². The maximum Gasteiger partial charge on any atom is -1.00 e. The Morgan fingerprint density at radius 2 is 1.71 bits per heavy atom. The van der Waals surface area contributed by atoms with Crippen LogP contribution in [0.2, 0.25) is 5.02 Å². The maximum atomic E-state index is 6.06. The van der Waals surface area contributed by atoms with Crippen LogP contribution in [0.4, 0.5) is 0 Å². The van der Waals surface area contributed by atoms with Crippen molar-refractivity contribution in [3.8, 4) is 0 Å². The minimum atomic E-state index is -0.671. The Balaban J connectivity index is 0.00000104. The normalized spacial score (nSPS) is 17.1. The molecule has 1 atom stereocenters. The maximum absolute atomic E-state index is 6.06. The molecule has 0 spiro atoms. The molecule has 0 nitrogen and oxygen atoms in total. The second-order valence-electron chi connectivity index (χ2n) is 5.64. The van der Waals surface area contributed by atoms with E-state index in [2.05, 4.69) is 60.7 Å². The molecule has 0 amide bonds. The van der Waals surface area contributed by atoms with Gasteiger partial charge in [0.1, 0.15) is 0 Å². The Morgan fingerprint density at radius 3 is 2.42 bits per heavy atom. The summed E-state index contributed by atoms with van der Waals surface area (Å²) in [5.74, 6) is 0. The molecule has 0 aliphatic heterocycles. The molecule has 2 aliphatic carbocycles. The van der Waals surface area contributed by atoms with E-state index in [9.17, 15) is 0 Å². The van der Waals surface area contributed by atoms with Gasteiger partial charge in [-0.25, -0.2) is 0 Å². The number of allylic oxidation sites excluding steroid dienone is 5. The van der Waals surface area contributed by atoms with Gasteiger partial charge in [-0.1, -0.05) is 0 Å². The van der Waals surface area contributed by atoms with E-state index in [1.54, 1.807) is 3.28 Å². The smallest absolute Gasteiger partial charge is 1.00 e. The predicted molar refractivity (Wildman–Crippen MR) is 90.3 cm³/mol. The van der Waals surface area contributed by atoms with Crippen molar-refractivity contribution in [2.45, 2.75) is 10.0 Å². The third-order valence-corrected chi connectivity index (χ3v) is 8.52. The molecule has 1 unspecified atom stereocenters. The fourth-order valence-electron chi connectivity index (χ4n) is 3.11. The Hall–Kier alpha value is -0.587. The van der Waals surface area contributed by atoms with Gasteiger partial charge in [-0.3, -0.25) is 0 Å². The van der Waals surface area contributed by atoms with Crippen molar-refractivity contribution in [2.75, 3.05) is 0 Å². The van der Waals surface area contributed by atoms with Crippen molar-refractivity contribution in [2.24, 2.45) is 0 Å². The molecule has 0 N–H and O–H groups in total. The number of benzene rings is 2. The first-order valence-corrected chi connectivity index (χ1v) is 10.5. The SMILES string of the molecule is Clc1ccc(C2=Cc3ccccc3[CH]2[Zr+2][C]2=CC=CC2)cc1.[Cl-].[Cl-]. The predicted octanol–water partition coefficient (Wildman–Crippen LogP) is -0.130. The van der Waals surface area contributed by atoms with Gasteiger partial charge in [-0.2, -0.15) is 0 Å². The van der Waals surface area contributed by atoms with E-state index in [0.29, 0.717) is 3.63 Å². The molecule has 0 heterocycles. The van der Waals surface area contributed by atoms with Gasteiger partial charge in [0.25, 0.3) is 0 Å². The van der Waals surface area contributed by atoms with Crippen LogP contribution in [-0.4, -0.2) is 0 Å². The van der Waals surface area contributed by atoms with Gasteiger partial charge in [0.15, 0.2) is 0 Å².